The lowest BCUT2D eigenvalue weighted by atomic mass is 9.97. The molecule has 5 rings (SSSR count). The van der Waals surface area contributed by atoms with E-state index in [0.717, 1.165) is 46.1 Å². The van der Waals surface area contributed by atoms with Crippen LogP contribution in [0.4, 0.5) is 0 Å². The van der Waals surface area contributed by atoms with Crippen LogP contribution in [0.15, 0.2) is 58.8 Å². The number of carbonyl (C=O) groups is 1. The van der Waals surface area contributed by atoms with Crippen LogP contribution in [0.3, 0.4) is 0 Å². The Morgan fingerprint density at radius 3 is 2.71 bits per heavy atom. The number of hydrogen-bond donors (Lipinski definition) is 0. The summed E-state index contributed by atoms with van der Waals surface area (Å²) >= 11 is 1.67. The largest absolute Gasteiger partial charge is 0.360 e. The van der Waals surface area contributed by atoms with Crippen molar-refractivity contribution in [3.8, 4) is 22.5 Å². The lowest BCUT2D eigenvalue weighted by molar-refractivity contribution is 0.0706. The highest BCUT2D eigenvalue weighted by Gasteiger charge is 2.28. The highest BCUT2D eigenvalue weighted by atomic mass is 32.1. The van der Waals surface area contributed by atoms with Crippen molar-refractivity contribution >= 4 is 17.2 Å². The van der Waals surface area contributed by atoms with Crippen LogP contribution in [0.1, 0.15) is 40.0 Å². The minimum absolute atomic E-state index is 0.0565. The van der Waals surface area contributed by atoms with E-state index in [1.807, 2.05) is 42.2 Å². The number of aryl methyl sites for hydroxylation is 1. The Bertz CT molecular complexity index is 1180. The summed E-state index contributed by atoms with van der Waals surface area (Å²) in [4.78, 5) is 27.5. The topological polar surface area (TPSA) is 85.0 Å². The van der Waals surface area contributed by atoms with Gasteiger partial charge >= 0.3 is 0 Å². The SMILES string of the molecule is Cc1onc(-c2ccccc2)c1-c1csc(C2CCN(C(=O)c3cnccn3)CC2)n1. The van der Waals surface area contributed by atoms with Gasteiger partial charge in [-0.3, -0.25) is 9.78 Å². The van der Waals surface area contributed by atoms with Crippen molar-refractivity contribution in [1.29, 1.82) is 0 Å². The average Bonchev–Trinajstić information content (AvgIpc) is 3.46. The second kappa shape index (κ2) is 8.39. The third-order valence-electron chi connectivity index (χ3n) is 5.60. The predicted molar refractivity (Wildman–Crippen MR) is 118 cm³/mol. The van der Waals surface area contributed by atoms with E-state index in [9.17, 15) is 4.79 Å². The molecule has 156 valence electrons. The molecule has 1 fully saturated rings. The van der Waals surface area contributed by atoms with Gasteiger partial charge in [0, 0.05) is 42.3 Å². The Morgan fingerprint density at radius 2 is 1.97 bits per heavy atom. The van der Waals surface area contributed by atoms with Crippen LogP contribution < -0.4 is 0 Å². The summed E-state index contributed by atoms with van der Waals surface area (Å²) in [5.74, 6) is 1.05. The molecule has 4 aromatic rings. The molecule has 4 heterocycles. The number of hydrogen-bond acceptors (Lipinski definition) is 7. The lowest BCUT2D eigenvalue weighted by Gasteiger charge is -2.30. The number of rotatable bonds is 4. The van der Waals surface area contributed by atoms with Gasteiger partial charge in [-0.15, -0.1) is 11.3 Å². The fraction of sp³-hybridized carbons (Fsp3) is 0.261. The van der Waals surface area contributed by atoms with Gasteiger partial charge < -0.3 is 9.42 Å². The Balaban J connectivity index is 1.32. The molecule has 1 aliphatic rings. The van der Waals surface area contributed by atoms with Gasteiger partial charge in [0.15, 0.2) is 0 Å². The zero-order valence-electron chi connectivity index (χ0n) is 17.1. The number of benzene rings is 1. The Kier molecular flexibility index (Phi) is 5.30. The first-order valence-corrected chi connectivity index (χ1v) is 11.1. The minimum atomic E-state index is -0.0565. The fourth-order valence-electron chi connectivity index (χ4n) is 3.96. The molecular weight excluding hydrogens is 410 g/mol. The zero-order chi connectivity index (χ0) is 21.2. The number of carbonyl (C=O) groups excluding carboxylic acids is 1. The van der Waals surface area contributed by atoms with Crippen molar-refractivity contribution in [2.75, 3.05) is 13.1 Å². The van der Waals surface area contributed by atoms with Crippen molar-refractivity contribution in [1.82, 2.24) is 25.0 Å². The average molecular weight is 432 g/mol. The maximum Gasteiger partial charge on any atom is 0.274 e. The van der Waals surface area contributed by atoms with E-state index < -0.39 is 0 Å². The summed E-state index contributed by atoms with van der Waals surface area (Å²) in [6.07, 6.45) is 6.41. The number of nitrogens with zero attached hydrogens (tertiary/aromatic N) is 5. The monoisotopic (exact) mass is 431 g/mol. The molecule has 0 unspecified atom stereocenters. The van der Waals surface area contributed by atoms with Gasteiger partial charge in [-0.1, -0.05) is 35.5 Å². The van der Waals surface area contributed by atoms with Crippen molar-refractivity contribution in [3.05, 3.63) is 70.8 Å². The summed E-state index contributed by atoms with van der Waals surface area (Å²) < 4.78 is 5.50. The second-order valence-corrected chi connectivity index (χ2v) is 8.45. The highest BCUT2D eigenvalue weighted by molar-refractivity contribution is 7.10. The van der Waals surface area contributed by atoms with Crippen LogP contribution in [0.2, 0.25) is 0 Å². The molecule has 8 heteroatoms. The first-order chi connectivity index (χ1) is 15.2. The van der Waals surface area contributed by atoms with Crippen molar-refractivity contribution in [2.24, 2.45) is 0 Å². The number of amides is 1. The highest BCUT2D eigenvalue weighted by Crippen LogP contribution is 2.38. The third kappa shape index (κ3) is 3.86. The molecule has 0 radical (unpaired) electrons. The normalized spacial score (nSPS) is 14.7. The van der Waals surface area contributed by atoms with Crippen molar-refractivity contribution < 1.29 is 9.32 Å². The molecule has 0 atom stereocenters. The molecule has 0 aliphatic carbocycles. The maximum absolute atomic E-state index is 12.6. The molecule has 0 spiro atoms. The van der Waals surface area contributed by atoms with Gasteiger partial charge in [-0.05, 0) is 19.8 Å². The predicted octanol–water partition coefficient (Wildman–Crippen LogP) is 4.58. The van der Waals surface area contributed by atoms with Crippen LogP contribution in [-0.4, -0.2) is 44.0 Å². The van der Waals surface area contributed by atoms with Crippen LogP contribution >= 0.6 is 11.3 Å². The van der Waals surface area contributed by atoms with E-state index in [-0.39, 0.29) is 5.91 Å². The van der Waals surface area contributed by atoms with Gasteiger partial charge in [0.1, 0.15) is 17.1 Å². The summed E-state index contributed by atoms with van der Waals surface area (Å²) in [5, 5.41) is 7.46. The van der Waals surface area contributed by atoms with E-state index in [4.69, 9.17) is 9.51 Å². The van der Waals surface area contributed by atoms with Crippen molar-refractivity contribution in [3.63, 3.8) is 0 Å². The number of piperidine rings is 1. The molecule has 3 aromatic heterocycles. The molecule has 7 nitrogen and oxygen atoms in total. The van der Waals surface area contributed by atoms with Gasteiger partial charge in [0.05, 0.1) is 22.5 Å². The quantitative estimate of drug-likeness (QED) is 0.470. The Labute approximate surface area is 183 Å². The maximum atomic E-state index is 12.6. The van der Waals surface area contributed by atoms with Crippen LogP contribution in [0.25, 0.3) is 22.5 Å². The number of aromatic nitrogens is 4. The van der Waals surface area contributed by atoms with Crippen LogP contribution in [-0.2, 0) is 0 Å². The van der Waals surface area contributed by atoms with E-state index >= 15 is 0 Å². The minimum Gasteiger partial charge on any atom is -0.360 e. The van der Waals surface area contributed by atoms with E-state index in [1.54, 1.807) is 23.7 Å². The second-order valence-electron chi connectivity index (χ2n) is 7.56. The summed E-state index contributed by atoms with van der Waals surface area (Å²) in [6, 6.07) is 10.0. The standard InChI is InChI=1S/C23H21N5O2S/c1-15-20(21(27-30-15)16-5-3-2-4-6-16)19-14-31-22(26-19)17-7-11-28(12-8-17)23(29)18-13-24-9-10-25-18/h2-6,9-10,13-14,17H,7-8,11-12H2,1H3. The van der Waals surface area contributed by atoms with Crippen LogP contribution in [0, 0.1) is 6.92 Å². The molecule has 1 saturated heterocycles. The molecule has 31 heavy (non-hydrogen) atoms. The van der Waals surface area contributed by atoms with E-state index in [1.165, 1.54) is 6.20 Å². The first kappa shape index (κ1) is 19.6. The van der Waals surface area contributed by atoms with E-state index in [0.29, 0.717) is 24.7 Å². The Morgan fingerprint density at radius 1 is 1.16 bits per heavy atom. The first-order valence-electron chi connectivity index (χ1n) is 10.2. The number of likely N-dealkylation sites (tertiary alicyclic amines) is 1. The molecule has 1 aliphatic heterocycles. The zero-order valence-corrected chi connectivity index (χ0v) is 17.9. The van der Waals surface area contributed by atoms with Gasteiger partial charge in [0.2, 0.25) is 0 Å². The molecule has 1 amide bonds. The number of thiazole rings is 1. The van der Waals surface area contributed by atoms with Gasteiger partial charge in [0.25, 0.3) is 5.91 Å². The summed E-state index contributed by atoms with van der Waals surface area (Å²) in [6.45, 7) is 3.30. The van der Waals surface area contributed by atoms with Crippen molar-refractivity contribution in [2.45, 2.75) is 25.7 Å². The molecule has 1 aromatic carbocycles. The molecule has 0 bridgehead atoms. The smallest absolute Gasteiger partial charge is 0.274 e. The lowest BCUT2D eigenvalue weighted by Crippen LogP contribution is -2.38. The Hall–Kier alpha value is -3.39. The van der Waals surface area contributed by atoms with Crippen LogP contribution in [0.5, 0.6) is 0 Å². The fourth-order valence-corrected chi connectivity index (χ4v) is 4.94. The molecule has 0 saturated carbocycles. The van der Waals surface area contributed by atoms with Gasteiger partial charge in [-0.25, -0.2) is 9.97 Å². The van der Waals surface area contributed by atoms with Gasteiger partial charge in [-0.2, -0.15) is 0 Å². The van der Waals surface area contributed by atoms with E-state index in [2.05, 4.69) is 20.5 Å². The third-order valence-corrected chi connectivity index (χ3v) is 6.61. The summed E-state index contributed by atoms with van der Waals surface area (Å²) in [5.41, 5.74) is 4.08. The molecular formula is C23H21N5O2S. The molecule has 0 N–H and O–H groups in total. The summed E-state index contributed by atoms with van der Waals surface area (Å²) in [7, 11) is 0.